The first-order valence-corrected chi connectivity index (χ1v) is 5.89. The SMILES string of the molecule is CC#CCCNC(=O)c1cccc(Br)c1C. The molecule has 0 radical (unpaired) electrons. The Morgan fingerprint density at radius 1 is 1.50 bits per heavy atom. The Bertz CT molecular complexity index is 443. The summed E-state index contributed by atoms with van der Waals surface area (Å²) in [6, 6.07) is 5.60. The summed E-state index contributed by atoms with van der Waals surface area (Å²) in [5.74, 6) is 5.66. The fraction of sp³-hybridized carbons (Fsp3) is 0.308. The van der Waals surface area contributed by atoms with Crippen molar-refractivity contribution in [2.75, 3.05) is 6.54 Å². The van der Waals surface area contributed by atoms with Gasteiger partial charge in [-0.1, -0.05) is 22.0 Å². The van der Waals surface area contributed by atoms with E-state index in [1.807, 2.05) is 25.1 Å². The van der Waals surface area contributed by atoms with Crippen LogP contribution < -0.4 is 5.32 Å². The predicted octanol–water partition coefficient (Wildman–Crippen LogP) is 2.90. The zero-order valence-corrected chi connectivity index (χ0v) is 11.0. The maximum absolute atomic E-state index is 11.8. The van der Waals surface area contributed by atoms with Gasteiger partial charge in [0.05, 0.1) is 0 Å². The molecule has 0 aliphatic carbocycles. The van der Waals surface area contributed by atoms with Crippen molar-refractivity contribution in [3.05, 3.63) is 33.8 Å². The third kappa shape index (κ3) is 3.39. The van der Waals surface area contributed by atoms with Gasteiger partial charge >= 0.3 is 0 Å². The largest absolute Gasteiger partial charge is 0.351 e. The number of carbonyl (C=O) groups excluding carboxylic acids is 1. The van der Waals surface area contributed by atoms with Crippen LogP contribution in [0.4, 0.5) is 0 Å². The highest BCUT2D eigenvalue weighted by Crippen LogP contribution is 2.19. The van der Waals surface area contributed by atoms with E-state index in [2.05, 4.69) is 33.1 Å². The van der Waals surface area contributed by atoms with Gasteiger partial charge in [0, 0.05) is 23.0 Å². The molecule has 1 aromatic rings. The molecule has 3 heteroatoms. The van der Waals surface area contributed by atoms with E-state index in [1.54, 1.807) is 6.92 Å². The average Bonchev–Trinajstić information content (AvgIpc) is 2.28. The van der Waals surface area contributed by atoms with Gasteiger partial charge in [-0.05, 0) is 31.5 Å². The maximum Gasteiger partial charge on any atom is 0.251 e. The summed E-state index contributed by atoms with van der Waals surface area (Å²) in [5.41, 5.74) is 1.67. The number of benzene rings is 1. The van der Waals surface area contributed by atoms with Gasteiger partial charge in [-0.2, -0.15) is 0 Å². The lowest BCUT2D eigenvalue weighted by molar-refractivity contribution is 0.0954. The molecule has 0 atom stereocenters. The van der Waals surface area contributed by atoms with Crippen molar-refractivity contribution < 1.29 is 4.79 Å². The fourth-order valence-electron chi connectivity index (χ4n) is 1.31. The molecular weight excluding hydrogens is 266 g/mol. The summed E-state index contributed by atoms with van der Waals surface area (Å²) in [6.07, 6.45) is 0.690. The van der Waals surface area contributed by atoms with Crippen LogP contribution in [0, 0.1) is 18.8 Å². The number of rotatable bonds is 3. The minimum absolute atomic E-state index is 0.0447. The Morgan fingerprint density at radius 2 is 2.25 bits per heavy atom. The summed E-state index contributed by atoms with van der Waals surface area (Å²) in [6.45, 7) is 4.30. The third-order valence-electron chi connectivity index (χ3n) is 2.22. The zero-order chi connectivity index (χ0) is 12.0. The quantitative estimate of drug-likeness (QED) is 0.669. The average molecular weight is 280 g/mol. The van der Waals surface area contributed by atoms with Gasteiger partial charge in [-0.15, -0.1) is 11.8 Å². The Hall–Kier alpha value is -1.27. The third-order valence-corrected chi connectivity index (χ3v) is 3.08. The Labute approximate surface area is 105 Å². The number of hydrogen-bond acceptors (Lipinski definition) is 1. The summed E-state index contributed by atoms with van der Waals surface area (Å²) in [7, 11) is 0. The molecule has 1 aromatic carbocycles. The van der Waals surface area contributed by atoms with E-state index in [0.29, 0.717) is 18.5 Å². The molecule has 16 heavy (non-hydrogen) atoms. The highest BCUT2D eigenvalue weighted by Gasteiger charge is 2.09. The monoisotopic (exact) mass is 279 g/mol. The minimum Gasteiger partial charge on any atom is -0.351 e. The molecule has 0 saturated carbocycles. The molecule has 1 amide bonds. The van der Waals surface area contributed by atoms with Crippen molar-refractivity contribution in [3.8, 4) is 11.8 Å². The number of carbonyl (C=O) groups is 1. The highest BCUT2D eigenvalue weighted by atomic mass is 79.9. The number of amides is 1. The molecule has 0 aliphatic rings. The van der Waals surface area contributed by atoms with E-state index in [9.17, 15) is 4.79 Å². The molecular formula is C13H14BrNO. The number of halogens is 1. The van der Waals surface area contributed by atoms with E-state index in [-0.39, 0.29) is 5.91 Å². The van der Waals surface area contributed by atoms with E-state index in [4.69, 9.17) is 0 Å². The molecule has 0 fully saturated rings. The van der Waals surface area contributed by atoms with Gasteiger partial charge in [0.1, 0.15) is 0 Å². The second-order valence-corrected chi connectivity index (χ2v) is 4.20. The van der Waals surface area contributed by atoms with Gasteiger partial charge < -0.3 is 5.32 Å². The first-order valence-electron chi connectivity index (χ1n) is 5.09. The topological polar surface area (TPSA) is 29.1 Å². The summed E-state index contributed by atoms with van der Waals surface area (Å²) < 4.78 is 0.952. The van der Waals surface area contributed by atoms with Crippen molar-refractivity contribution in [1.82, 2.24) is 5.32 Å². The van der Waals surface area contributed by atoms with Crippen LogP contribution in [-0.4, -0.2) is 12.5 Å². The van der Waals surface area contributed by atoms with E-state index in [0.717, 1.165) is 10.0 Å². The highest BCUT2D eigenvalue weighted by molar-refractivity contribution is 9.10. The van der Waals surface area contributed by atoms with Gasteiger partial charge in [-0.25, -0.2) is 0 Å². The number of nitrogens with one attached hydrogen (secondary N) is 1. The Balaban J connectivity index is 2.65. The lowest BCUT2D eigenvalue weighted by atomic mass is 10.1. The van der Waals surface area contributed by atoms with Crippen molar-refractivity contribution in [3.63, 3.8) is 0 Å². The molecule has 2 nitrogen and oxygen atoms in total. The smallest absolute Gasteiger partial charge is 0.251 e. The van der Waals surface area contributed by atoms with Gasteiger partial charge in [0.25, 0.3) is 5.91 Å². The first kappa shape index (κ1) is 12.8. The Kier molecular flexibility index (Phi) is 5.07. The maximum atomic E-state index is 11.8. The van der Waals surface area contributed by atoms with Crippen molar-refractivity contribution in [2.24, 2.45) is 0 Å². The molecule has 0 aromatic heterocycles. The standard InChI is InChI=1S/C13H14BrNO/c1-3-4-5-9-15-13(16)11-7-6-8-12(14)10(11)2/h6-8H,5,9H2,1-2H3,(H,15,16). The predicted molar refractivity (Wildman–Crippen MR) is 69.3 cm³/mol. The van der Waals surface area contributed by atoms with E-state index in [1.165, 1.54) is 0 Å². The van der Waals surface area contributed by atoms with Crippen LogP contribution in [-0.2, 0) is 0 Å². The van der Waals surface area contributed by atoms with Crippen LogP contribution in [0.5, 0.6) is 0 Å². The van der Waals surface area contributed by atoms with Crippen LogP contribution in [0.15, 0.2) is 22.7 Å². The second-order valence-electron chi connectivity index (χ2n) is 3.35. The fourth-order valence-corrected chi connectivity index (χ4v) is 1.68. The normalized spacial score (nSPS) is 9.19. The van der Waals surface area contributed by atoms with Gasteiger partial charge in [0.15, 0.2) is 0 Å². The van der Waals surface area contributed by atoms with Gasteiger partial charge in [0.2, 0.25) is 0 Å². The van der Waals surface area contributed by atoms with Crippen molar-refractivity contribution in [2.45, 2.75) is 20.3 Å². The van der Waals surface area contributed by atoms with Crippen molar-refractivity contribution >= 4 is 21.8 Å². The lowest BCUT2D eigenvalue weighted by Gasteiger charge is -2.07. The second kappa shape index (κ2) is 6.34. The van der Waals surface area contributed by atoms with E-state index >= 15 is 0 Å². The van der Waals surface area contributed by atoms with Crippen LogP contribution in [0.1, 0.15) is 29.3 Å². The van der Waals surface area contributed by atoms with Crippen molar-refractivity contribution in [1.29, 1.82) is 0 Å². The van der Waals surface area contributed by atoms with Crippen LogP contribution in [0.2, 0.25) is 0 Å². The zero-order valence-electron chi connectivity index (χ0n) is 9.43. The van der Waals surface area contributed by atoms with Crippen LogP contribution >= 0.6 is 15.9 Å². The molecule has 1 rings (SSSR count). The lowest BCUT2D eigenvalue weighted by Crippen LogP contribution is -2.25. The summed E-state index contributed by atoms with van der Waals surface area (Å²) in [4.78, 5) is 11.8. The van der Waals surface area contributed by atoms with Gasteiger partial charge in [-0.3, -0.25) is 4.79 Å². The Morgan fingerprint density at radius 3 is 2.94 bits per heavy atom. The molecule has 84 valence electrons. The summed E-state index contributed by atoms with van der Waals surface area (Å²) >= 11 is 3.41. The molecule has 0 bridgehead atoms. The molecule has 0 unspecified atom stereocenters. The molecule has 0 saturated heterocycles. The summed E-state index contributed by atoms with van der Waals surface area (Å²) in [5, 5.41) is 2.84. The number of hydrogen-bond donors (Lipinski definition) is 1. The first-order chi connectivity index (χ1) is 7.66. The van der Waals surface area contributed by atoms with E-state index < -0.39 is 0 Å². The van der Waals surface area contributed by atoms with Crippen LogP contribution in [0.3, 0.4) is 0 Å². The van der Waals surface area contributed by atoms with Crippen LogP contribution in [0.25, 0.3) is 0 Å². The minimum atomic E-state index is -0.0447. The molecule has 0 aliphatic heterocycles. The molecule has 0 spiro atoms. The molecule has 0 heterocycles. The molecule has 1 N–H and O–H groups in total.